The van der Waals surface area contributed by atoms with E-state index >= 15 is 0 Å². The standard InChI is InChI=1S/C18H39N5O2S2.HI/c1-5-19-18(21-17(4)9-8-11-22(6-2)7-3)20-10-16-27(24,25)23-12-14-26-15-13-23;/h17H,5-16H2,1-4H3,(H2,19,20,21);1H. The first-order valence-corrected chi connectivity index (χ1v) is 13.0. The third-order valence-electron chi connectivity index (χ3n) is 4.72. The van der Waals surface area contributed by atoms with Crippen LogP contribution in [0.2, 0.25) is 0 Å². The summed E-state index contributed by atoms with van der Waals surface area (Å²) in [4.78, 5) is 6.91. The summed E-state index contributed by atoms with van der Waals surface area (Å²) in [5.41, 5.74) is 0. The van der Waals surface area contributed by atoms with Crippen LogP contribution in [-0.2, 0) is 10.0 Å². The summed E-state index contributed by atoms with van der Waals surface area (Å²) in [6.07, 6.45) is 2.20. The molecule has 10 heteroatoms. The van der Waals surface area contributed by atoms with E-state index in [9.17, 15) is 8.42 Å². The van der Waals surface area contributed by atoms with Crippen molar-refractivity contribution in [1.29, 1.82) is 0 Å². The van der Waals surface area contributed by atoms with Crippen LogP contribution in [0, 0.1) is 0 Å². The van der Waals surface area contributed by atoms with Gasteiger partial charge in [0.25, 0.3) is 0 Å². The Balaban J connectivity index is 0.00000729. The molecule has 0 aromatic heterocycles. The Bertz CT molecular complexity index is 524. The fourth-order valence-corrected chi connectivity index (χ4v) is 5.47. The number of hydrogen-bond donors (Lipinski definition) is 2. The molecule has 0 bridgehead atoms. The predicted molar refractivity (Wildman–Crippen MR) is 134 cm³/mol. The zero-order chi connectivity index (χ0) is 20.1. The molecular formula is C18H40IN5O2S2. The molecule has 1 aliphatic heterocycles. The minimum atomic E-state index is -3.20. The van der Waals surface area contributed by atoms with Gasteiger partial charge in [-0.2, -0.15) is 11.8 Å². The van der Waals surface area contributed by atoms with Crippen LogP contribution in [0.3, 0.4) is 0 Å². The molecule has 7 nitrogen and oxygen atoms in total. The van der Waals surface area contributed by atoms with Crippen molar-refractivity contribution in [3.05, 3.63) is 0 Å². The van der Waals surface area contributed by atoms with Crippen molar-refractivity contribution in [1.82, 2.24) is 19.8 Å². The van der Waals surface area contributed by atoms with Crippen LogP contribution >= 0.6 is 35.7 Å². The molecule has 1 rings (SSSR count). The lowest BCUT2D eigenvalue weighted by Gasteiger charge is -2.25. The van der Waals surface area contributed by atoms with E-state index in [0.29, 0.717) is 25.1 Å². The highest BCUT2D eigenvalue weighted by atomic mass is 127. The van der Waals surface area contributed by atoms with Crippen LogP contribution in [0.15, 0.2) is 4.99 Å². The Labute approximate surface area is 193 Å². The average molecular weight is 550 g/mol. The summed E-state index contributed by atoms with van der Waals surface area (Å²) in [5.74, 6) is 2.55. The van der Waals surface area contributed by atoms with Crippen molar-refractivity contribution in [2.24, 2.45) is 4.99 Å². The molecule has 0 aromatic rings. The van der Waals surface area contributed by atoms with Gasteiger partial charge in [0, 0.05) is 37.2 Å². The van der Waals surface area contributed by atoms with E-state index in [4.69, 9.17) is 0 Å². The zero-order valence-electron chi connectivity index (χ0n) is 17.9. The maximum atomic E-state index is 12.4. The Morgan fingerprint density at radius 2 is 1.86 bits per heavy atom. The lowest BCUT2D eigenvalue weighted by molar-refractivity contribution is 0.292. The minimum absolute atomic E-state index is 0. The Kier molecular flexibility index (Phi) is 16.1. The molecule has 0 aromatic carbocycles. The van der Waals surface area contributed by atoms with Crippen molar-refractivity contribution in [3.8, 4) is 0 Å². The van der Waals surface area contributed by atoms with Crippen molar-refractivity contribution in [2.75, 3.05) is 63.1 Å². The molecule has 1 aliphatic rings. The van der Waals surface area contributed by atoms with Crippen molar-refractivity contribution in [2.45, 2.75) is 46.6 Å². The number of guanidine groups is 1. The van der Waals surface area contributed by atoms with E-state index in [1.54, 1.807) is 4.31 Å². The zero-order valence-corrected chi connectivity index (χ0v) is 21.9. The van der Waals surface area contributed by atoms with Gasteiger partial charge in [-0.15, -0.1) is 24.0 Å². The summed E-state index contributed by atoms with van der Waals surface area (Å²) >= 11 is 1.81. The van der Waals surface area contributed by atoms with Gasteiger partial charge in [0.15, 0.2) is 5.96 Å². The summed E-state index contributed by atoms with van der Waals surface area (Å²) in [5, 5.41) is 6.62. The van der Waals surface area contributed by atoms with Crippen LogP contribution < -0.4 is 10.6 Å². The summed E-state index contributed by atoms with van der Waals surface area (Å²) in [7, 11) is -3.20. The first-order chi connectivity index (χ1) is 12.9. The summed E-state index contributed by atoms with van der Waals surface area (Å²) in [6.45, 7) is 14.1. The molecule has 168 valence electrons. The highest BCUT2D eigenvalue weighted by molar-refractivity contribution is 14.0. The SMILES string of the molecule is CCNC(=NCCS(=O)(=O)N1CCSCC1)NC(C)CCCN(CC)CC.I. The summed E-state index contributed by atoms with van der Waals surface area (Å²) < 4.78 is 26.4. The van der Waals surface area contributed by atoms with E-state index in [2.05, 4.69) is 41.3 Å². The predicted octanol–water partition coefficient (Wildman–Crippen LogP) is 2.05. The number of hydrogen-bond acceptors (Lipinski definition) is 5. The van der Waals surface area contributed by atoms with Gasteiger partial charge in [-0.3, -0.25) is 4.99 Å². The second-order valence-corrected chi connectivity index (χ2v) is 10.1. The second kappa shape index (κ2) is 16.0. The molecule has 0 saturated carbocycles. The van der Waals surface area contributed by atoms with Gasteiger partial charge in [0.1, 0.15) is 0 Å². The molecular weight excluding hydrogens is 509 g/mol. The largest absolute Gasteiger partial charge is 0.357 e. The highest BCUT2D eigenvalue weighted by Crippen LogP contribution is 2.13. The highest BCUT2D eigenvalue weighted by Gasteiger charge is 2.23. The van der Waals surface area contributed by atoms with Gasteiger partial charge in [-0.05, 0) is 46.3 Å². The number of sulfonamides is 1. The molecule has 1 saturated heterocycles. The first-order valence-electron chi connectivity index (χ1n) is 10.3. The van der Waals surface area contributed by atoms with Gasteiger partial charge in [0.2, 0.25) is 10.0 Å². The molecule has 1 fully saturated rings. The van der Waals surface area contributed by atoms with Crippen molar-refractivity contribution in [3.63, 3.8) is 0 Å². The van der Waals surface area contributed by atoms with Crippen LogP contribution in [0.25, 0.3) is 0 Å². The van der Waals surface area contributed by atoms with Gasteiger partial charge in [-0.1, -0.05) is 13.8 Å². The van der Waals surface area contributed by atoms with E-state index in [1.165, 1.54) is 0 Å². The van der Waals surface area contributed by atoms with E-state index < -0.39 is 10.0 Å². The smallest absolute Gasteiger partial charge is 0.215 e. The fourth-order valence-electron chi connectivity index (χ4n) is 3.01. The quantitative estimate of drug-likeness (QED) is 0.221. The lowest BCUT2D eigenvalue weighted by Crippen LogP contribution is -2.43. The van der Waals surface area contributed by atoms with E-state index in [-0.39, 0.29) is 36.3 Å². The van der Waals surface area contributed by atoms with Crippen LogP contribution in [-0.4, -0.2) is 92.7 Å². The Morgan fingerprint density at radius 1 is 1.21 bits per heavy atom. The monoisotopic (exact) mass is 549 g/mol. The maximum Gasteiger partial charge on any atom is 0.215 e. The third kappa shape index (κ3) is 11.4. The molecule has 1 heterocycles. The molecule has 0 spiro atoms. The molecule has 28 heavy (non-hydrogen) atoms. The van der Waals surface area contributed by atoms with Crippen LogP contribution in [0.1, 0.15) is 40.5 Å². The number of halogens is 1. The van der Waals surface area contributed by atoms with E-state index in [0.717, 1.165) is 50.5 Å². The van der Waals surface area contributed by atoms with E-state index in [1.807, 2.05) is 18.7 Å². The molecule has 1 atom stereocenters. The number of aliphatic imine (C=N–C) groups is 1. The molecule has 0 aliphatic carbocycles. The summed E-state index contributed by atoms with van der Waals surface area (Å²) in [6, 6.07) is 0.300. The van der Waals surface area contributed by atoms with Crippen LogP contribution in [0.5, 0.6) is 0 Å². The van der Waals surface area contributed by atoms with Gasteiger partial charge >= 0.3 is 0 Å². The Morgan fingerprint density at radius 3 is 2.43 bits per heavy atom. The first kappa shape index (κ1) is 28.2. The van der Waals surface area contributed by atoms with Gasteiger partial charge in [-0.25, -0.2) is 12.7 Å². The fraction of sp³-hybridized carbons (Fsp3) is 0.944. The maximum absolute atomic E-state index is 12.4. The van der Waals surface area contributed by atoms with Crippen molar-refractivity contribution >= 4 is 51.7 Å². The number of rotatable bonds is 12. The number of nitrogens with one attached hydrogen (secondary N) is 2. The Hall–Kier alpha value is 0.220. The third-order valence-corrected chi connectivity index (χ3v) is 7.51. The second-order valence-electron chi connectivity index (χ2n) is 6.80. The molecule has 0 radical (unpaired) electrons. The lowest BCUT2D eigenvalue weighted by atomic mass is 10.2. The number of thioether (sulfide) groups is 1. The van der Waals surface area contributed by atoms with Gasteiger partial charge in [0.05, 0.1) is 12.3 Å². The topological polar surface area (TPSA) is 77.0 Å². The average Bonchev–Trinajstić information content (AvgIpc) is 2.66. The normalized spacial score (nSPS) is 17.2. The molecule has 1 unspecified atom stereocenters. The number of nitrogens with zero attached hydrogens (tertiary/aromatic N) is 3. The molecule has 2 N–H and O–H groups in total. The molecule has 0 amide bonds. The minimum Gasteiger partial charge on any atom is -0.357 e. The van der Waals surface area contributed by atoms with Crippen molar-refractivity contribution < 1.29 is 8.42 Å². The van der Waals surface area contributed by atoms with Gasteiger partial charge < -0.3 is 15.5 Å². The van der Waals surface area contributed by atoms with Crippen LogP contribution in [0.4, 0.5) is 0 Å².